The second-order valence-corrected chi connectivity index (χ2v) is 5.02. The van der Waals surface area contributed by atoms with Crippen LogP contribution in [-0.4, -0.2) is 4.98 Å². The van der Waals surface area contributed by atoms with Crippen molar-refractivity contribution in [1.82, 2.24) is 4.98 Å². The van der Waals surface area contributed by atoms with Crippen LogP contribution in [0.3, 0.4) is 0 Å². The van der Waals surface area contributed by atoms with Crippen molar-refractivity contribution >= 4 is 34.5 Å². The molecule has 0 saturated heterocycles. The minimum absolute atomic E-state index is 0.210. The Bertz CT molecular complexity index is 435. The maximum Gasteiger partial charge on any atom is 0.212 e. The highest BCUT2D eigenvalue weighted by Gasteiger charge is 2.11. The fourth-order valence-electron chi connectivity index (χ4n) is 1.04. The van der Waals surface area contributed by atoms with Crippen LogP contribution in [0, 0.1) is 0 Å². The maximum absolute atomic E-state index is 5.83. The van der Waals surface area contributed by atoms with Gasteiger partial charge < -0.3 is 4.42 Å². The zero-order valence-electron chi connectivity index (χ0n) is 7.33. The number of aromatic nitrogens is 1. The quantitative estimate of drug-likeness (QED) is 0.738. The fraction of sp³-hybridized carbons (Fsp3) is 0.222. The van der Waals surface area contributed by atoms with Crippen LogP contribution in [0.2, 0.25) is 4.34 Å². The Morgan fingerprint density at radius 1 is 1.57 bits per heavy atom. The SMILES string of the molecule is CC(Cl)c1ncc(-c2csc(Cl)c2)o1. The third kappa shape index (κ3) is 1.95. The standard InChI is InChI=1S/C9H7Cl2NOS/c1-5(10)9-12-3-7(13-9)6-2-8(11)14-4-6/h2-5H,1H3. The van der Waals surface area contributed by atoms with Crippen LogP contribution in [0.15, 0.2) is 22.1 Å². The summed E-state index contributed by atoms with van der Waals surface area (Å²) < 4.78 is 6.18. The van der Waals surface area contributed by atoms with Gasteiger partial charge in [-0.05, 0) is 13.0 Å². The van der Waals surface area contributed by atoms with Crippen molar-refractivity contribution in [2.75, 3.05) is 0 Å². The van der Waals surface area contributed by atoms with Crippen molar-refractivity contribution in [3.05, 3.63) is 27.9 Å². The second kappa shape index (κ2) is 3.93. The van der Waals surface area contributed by atoms with E-state index >= 15 is 0 Å². The van der Waals surface area contributed by atoms with E-state index in [1.807, 2.05) is 18.4 Å². The number of oxazole rings is 1. The van der Waals surface area contributed by atoms with Crippen LogP contribution in [0.5, 0.6) is 0 Å². The summed E-state index contributed by atoms with van der Waals surface area (Å²) in [5, 5.41) is 1.71. The highest BCUT2D eigenvalue weighted by molar-refractivity contribution is 7.14. The van der Waals surface area contributed by atoms with Crippen LogP contribution in [0.1, 0.15) is 18.2 Å². The lowest BCUT2D eigenvalue weighted by molar-refractivity contribution is 0.508. The molecule has 1 unspecified atom stereocenters. The molecule has 2 aromatic rings. The van der Waals surface area contributed by atoms with Crippen LogP contribution in [0.25, 0.3) is 11.3 Å². The molecule has 0 saturated carbocycles. The van der Waals surface area contributed by atoms with Gasteiger partial charge in [0.25, 0.3) is 0 Å². The molecule has 0 spiro atoms. The molecule has 0 bridgehead atoms. The largest absolute Gasteiger partial charge is 0.439 e. The number of hydrogen-bond donors (Lipinski definition) is 0. The first-order chi connectivity index (χ1) is 6.66. The number of hydrogen-bond acceptors (Lipinski definition) is 3. The lowest BCUT2D eigenvalue weighted by Crippen LogP contribution is -1.80. The summed E-state index contributed by atoms with van der Waals surface area (Å²) in [5.41, 5.74) is 0.941. The predicted octanol–water partition coefficient (Wildman–Crippen LogP) is 4.36. The third-order valence-corrected chi connectivity index (χ3v) is 2.99. The minimum Gasteiger partial charge on any atom is -0.439 e. The summed E-state index contributed by atoms with van der Waals surface area (Å²) in [6.45, 7) is 1.82. The van der Waals surface area contributed by atoms with Crippen LogP contribution in [-0.2, 0) is 0 Å². The maximum atomic E-state index is 5.83. The van der Waals surface area contributed by atoms with Crippen molar-refractivity contribution in [2.45, 2.75) is 12.3 Å². The molecule has 0 aliphatic heterocycles. The van der Waals surface area contributed by atoms with Gasteiger partial charge in [-0.15, -0.1) is 22.9 Å². The van der Waals surface area contributed by atoms with Gasteiger partial charge in [0.15, 0.2) is 5.76 Å². The summed E-state index contributed by atoms with van der Waals surface area (Å²) in [7, 11) is 0. The minimum atomic E-state index is -0.210. The molecule has 5 heteroatoms. The van der Waals surface area contributed by atoms with Crippen molar-refractivity contribution in [2.24, 2.45) is 0 Å². The van der Waals surface area contributed by atoms with Crippen LogP contribution in [0.4, 0.5) is 0 Å². The molecule has 14 heavy (non-hydrogen) atoms. The third-order valence-electron chi connectivity index (χ3n) is 1.72. The highest BCUT2D eigenvalue weighted by atomic mass is 35.5. The second-order valence-electron chi connectivity index (χ2n) is 2.82. The molecule has 0 N–H and O–H groups in total. The average molecular weight is 248 g/mol. The Kier molecular flexibility index (Phi) is 2.81. The van der Waals surface area contributed by atoms with E-state index in [1.165, 1.54) is 11.3 Å². The van der Waals surface area contributed by atoms with Crippen molar-refractivity contribution in [1.29, 1.82) is 0 Å². The number of nitrogens with zero attached hydrogens (tertiary/aromatic N) is 1. The molecule has 2 aromatic heterocycles. The van der Waals surface area contributed by atoms with E-state index in [2.05, 4.69) is 4.98 Å². The number of halogens is 2. The Balaban J connectivity index is 2.33. The molecule has 1 atom stereocenters. The molecule has 74 valence electrons. The summed E-state index contributed by atoms with van der Waals surface area (Å²) in [5.74, 6) is 1.24. The molecule has 2 heterocycles. The average Bonchev–Trinajstić information content (AvgIpc) is 2.70. The molecule has 2 rings (SSSR count). The van der Waals surface area contributed by atoms with Gasteiger partial charge in [0.1, 0.15) is 5.38 Å². The fourth-order valence-corrected chi connectivity index (χ4v) is 2.02. The molecular formula is C9H7Cl2NOS. The summed E-state index contributed by atoms with van der Waals surface area (Å²) >= 11 is 13.1. The summed E-state index contributed by atoms with van der Waals surface area (Å²) in [6, 6.07) is 1.84. The Morgan fingerprint density at radius 2 is 2.36 bits per heavy atom. The zero-order valence-corrected chi connectivity index (χ0v) is 9.66. The van der Waals surface area contributed by atoms with Crippen LogP contribution >= 0.6 is 34.5 Å². The number of alkyl halides is 1. The van der Waals surface area contributed by atoms with Gasteiger partial charge in [-0.3, -0.25) is 0 Å². The predicted molar refractivity (Wildman–Crippen MR) is 59.1 cm³/mol. The van der Waals surface area contributed by atoms with E-state index in [0.29, 0.717) is 11.7 Å². The normalized spacial score (nSPS) is 13.1. The van der Waals surface area contributed by atoms with Gasteiger partial charge >= 0.3 is 0 Å². The molecular weight excluding hydrogens is 241 g/mol. The lowest BCUT2D eigenvalue weighted by atomic mass is 10.3. The van der Waals surface area contributed by atoms with Crippen molar-refractivity contribution in [3.8, 4) is 11.3 Å². The monoisotopic (exact) mass is 247 g/mol. The van der Waals surface area contributed by atoms with E-state index < -0.39 is 0 Å². The number of rotatable bonds is 2. The topological polar surface area (TPSA) is 26.0 Å². The molecule has 0 fully saturated rings. The molecule has 0 aromatic carbocycles. The van der Waals surface area contributed by atoms with E-state index in [1.54, 1.807) is 6.20 Å². The molecule has 2 nitrogen and oxygen atoms in total. The lowest BCUT2D eigenvalue weighted by Gasteiger charge is -1.93. The zero-order chi connectivity index (χ0) is 10.1. The Morgan fingerprint density at radius 3 is 2.86 bits per heavy atom. The van der Waals surface area contributed by atoms with Gasteiger partial charge in [0.2, 0.25) is 5.89 Å². The first-order valence-electron chi connectivity index (χ1n) is 4.01. The van der Waals surface area contributed by atoms with Crippen LogP contribution < -0.4 is 0 Å². The van der Waals surface area contributed by atoms with Gasteiger partial charge in [-0.1, -0.05) is 11.6 Å². The van der Waals surface area contributed by atoms with E-state index in [4.69, 9.17) is 27.6 Å². The van der Waals surface area contributed by atoms with Gasteiger partial charge in [-0.25, -0.2) is 4.98 Å². The van der Waals surface area contributed by atoms with Gasteiger partial charge in [0.05, 0.1) is 10.5 Å². The molecule has 0 aliphatic rings. The van der Waals surface area contributed by atoms with E-state index in [9.17, 15) is 0 Å². The van der Waals surface area contributed by atoms with Crippen molar-refractivity contribution < 1.29 is 4.42 Å². The van der Waals surface area contributed by atoms with Gasteiger partial charge in [-0.2, -0.15) is 0 Å². The van der Waals surface area contributed by atoms with E-state index in [0.717, 1.165) is 9.90 Å². The molecule has 0 amide bonds. The first-order valence-corrected chi connectivity index (χ1v) is 5.70. The first kappa shape index (κ1) is 10.0. The van der Waals surface area contributed by atoms with E-state index in [-0.39, 0.29) is 5.38 Å². The molecule has 0 radical (unpaired) electrons. The number of thiophene rings is 1. The smallest absolute Gasteiger partial charge is 0.212 e. The summed E-state index contributed by atoms with van der Waals surface area (Å²) in [4.78, 5) is 4.06. The van der Waals surface area contributed by atoms with Crippen molar-refractivity contribution in [3.63, 3.8) is 0 Å². The Labute approximate surface area is 95.5 Å². The van der Waals surface area contributed by atoms with Gasteiger partial charge in [0, 0.05) is 10.9 Å². The highest BCUT2D eigenvalue weighted by Crippen LogP contribution is 2.30. The Hall–Kier alpha value is -0.510. The molecule has 0 aliphatic carbocycles. The summed E-state index contributed by atoms with van der Waals surface area (Å²) in [6.07, 6.45) is 1.66.